The Morgan fingerprint density at radius 2 is 1.76 bits per heavy atom. The molecule has 1 N–H and O–H groups in total. The largest absolute Gasteiger partial charge is 0.493 e. The Bertz CT molecular complexity index is 1020. The standard InChI is InChI=1S/C20H16Br2N2O5/c1-3-29-17-10-15(22)11(9-16(17)28-2)8-14-18(25)23-20(27)24(19(14)26)13-6-4-12(21)5-7-13/h4-10H,3H2,1-2H3,(H,23,25,27)/b14-8+. The molecule has 2 aromatic carbocycles. The van der Waals surface area contributed by atoms with Gasteiger partial charge < -0.3 is 9.47 Å². The van der Waals surface area contributed by atoms with Gasteiger partial charge in [-0.1, -0.05) is 31.9 Å². The summed E-state index contributed by atoms with van der Waals surface area (Å²) in [5, 5.41) is 2.20. The second kappa shape index (κ2) is 8.79. The number of anilines is 1. The highest BCUT2D eigenvalue weighted by Crippen LogP contribution is 2.35. The summed E-state index contributed by atoms with van der Waals surface area (Å²) in [7, 11) is 1.50. The Morgan fingerprint density at radius 3 is 2.38 bits per heavy atom. The molecule has 1 aliphatic rings. The molecule has 1 saturated heterocycles. The van der Waals surface area contributed by atoms with E-state index in [-0.39, 0.29) is 5.57 Å². The summed E-state index contributed by atoms with van der Waals surface area (Å²) < 4.78 is 12.2. The number of amides is 4. The third-order valence-corrected chi connectivity index (χ3v) is 5.28. The first kappa shape index (κ1) is 21.1. The van der Waals surface area contributed by atoms with Crippen molar-refractivity contribution in [2.75, 3.05) is 18.6 Å². The van der Waals surface area contributed by atoms with E-state index in [0.717, 1.165) is 9.37 Å². The van der Waals surface area contributed by atoms with Crippen molar-refractivity contribution in [3.63, 3.8) is 0 Å². The van der Waals surface area contributed by atoms with Crippen molar-refractivity contribution in [1.82, 2.24) is 5.32 Å². The molecule has 29 heavy (non-hydrogen) atoms. The lowest BCUT2D eigenvalue weighted by Gasteiger charge is -2.26. The van der Waals surface area contributed by atoms with E-state index in [1.54, 1.807) is 36.4 Å². The number of benzene rings is 2. The lowest BCUT2D eigenvalue weighted by atomic mass is 10.1. The minimum atomic E-state index is -0.803. The number of methoxy groups -OCH3 is 1. The van der Waals surface area contributed by atoms with Crippen LogP contribution in [0, 0.1) is 0 Å². The van der Waals surface area contributed by atoms with Crippen molar-refractivity contribution in [3.05, 3.63) is 56.5 Å². The maximum Gasteiger partial charge on any atom is 0.335 e. The lowest BCUT2D eigenvalue weighted by molar-refractivity contribution is -0.122. The summed E-state index contributed by atoms with van der Waals surface area (Å²) >= 11 is 6.73. The van der Waals surface area contributed by atoms with Gasteiger partial charge in [0.1, 0.15) is 5.57 Å². The number of barbiturate groups is 1. The summed E-state index contributed by atoms with van der Waals surface area (Å²) in [5.74, 6) is -0.518. The van der Waals surface area contributed by atoms with Crippen LogP contribution in [-0.4, -0.2) is 31.6 Å². The molecule has 150 valence electrons. The van der Waals surface area contributed by atoms with Crippen LogP contribution < -0.4 is 19.7 Å². The number of halogens is 2. The van der Waals surface area contributed by atoms with Crippen LogP contribution in [0.4, 0.5) is 10.5 Å². The van der Waals surface area contributed by atoms with Crippen molar-refractivity contribution in [3.8, 4) is 11.5 Å². The van der Waals surface area contributed by atoms with Gasteiger partial charge in [0.05, 0.1) is 19.4 Å². The van der Waals surface area contributed by atoms with Crippen LogP contribution in [-0.2, 0) is 9.59 Å². The van der Waals surface area contributed by atoms with Crippen molar-refractivity contribution < 1.29 is 23.9 Å². The number of hydrogen-bond acceptors (Lipinski definition) is 5. The van der Waals surface area contributed by atoms with Crippen molar-refractivity contribution >= 4 is 61.5 Å². The van der Waals surface area contributed by atoms with Crippen LogP contribution in [0.5, 0.6) is 11.5 Å². The summed E-state index contributed by atoms with van der Waals surface area (Å²) in [6, 6.07) is 9.13. The maximum absolute atomic E-state index is 13.0. The number of hydrogen-bond donors (Lipinski definition) is 1. The minimum absolute atomic E-state index is 0.181. The van der Waals surface area contributed by atoms with Crippen molar-refractivity contribution in [1.29, 1.82) is 0 Å². The average Bonchev–Trinajstić information content (AvgIpc) is 2.68. The van der Waals surface area contributed by atoms with Crippen LogP contribution in [0.2, 0.25) is 0 Å². The molecule has 0 bridgehead atoms. The van der Waals surface area contributed by atoms with Gasteiger partial charge in [-0.3, -0.25) is 14.9 Å². The van der Waals surface area contributed by atoms with Gasteiger partial charge in [-0.2, -0.15) is 0 Å². The number of urea groups is 1. The molecule has 0 atom stereocenters. The number of imide groups is 2. The Labute approximate surface area is 183 Å². The Hall–Kier alpha value is -2.65. The zero-order chi connectivity index (χ0) is 21.1. The molecule has 1 fully saturated rings. The van der Waals surface area contributed by atoms with Gasteiger partial charge in [-0.15, -0.1) is 0 Å². The van der Waals surface area contributed by atoms with E-state index >= 15 is 0 Å². The van der Waals surface area contributed by atoms with E-state index in [1.807, 2.05) is 6.92 Å². The lowest BCUT2D eigenvalue weighted by Crippen LogP contribution is -2.54. The van der Waals surface area contributed by atoms with Gasteiger partial charge >= 0.3 is 6.03 Å². The monoisotopic (exact) mass is 522 g/mol. The number of nitrogens with one attached hydrogen (secondary N) is 1. The maximum atomic E-state index is 13.0. The molecule has 0 spiro atoms. The molecule has 1 aliphatic heterocycles. The second-order valence-corrected chi connectivity index (χ2v) is 7.66. The van der Waals surface area contributed by atoms with E-state index in [0.29, 0.717) is 33.8 Å². The molecule has 0 aromatic heterocycles. The molecule has 7 nitrogen and oxygen atoms in total. The smallest absolute Gasteiger partial charge is 0.335 e. The van der Waals surface area contributed by atoms with E-state index in [2.05, 4.69) is 37.2 Å². The summed E-state index contributed by atoms with van der Waals surface area (Å²) in [5.41, 5.74) is 0.686. The summed E-state index contributed by atoms with van der Waals surface area (Å²) in [4.78, 5) is 38.5. The molecule has 0 unspecified atom stereocenters. The number of carbonyl (C=O) groups excluding carboxylic acids is 3. The van der Waals surface area contributed by atoms with Gasteiger partial charge in [0.25, 0.3) is 11.8 Å². The van der Waals surface area contributed by atoms with Gasteiger partial charge in [0, 0.05) is 8.95 Å². The van der Waals surface area contributed by atoms with E-state index in [1.165, 1.54) is 13.2 Å². The average molecular weight is 524 g/mol. The van der Waals surface area contributed by atoms with Gasteiger partial charge in [-0.25, -0.2) is 9.69 Å². The molecule has 0 radical (unpaired) electrons. The highest BCUT2D eigenvalue weighted by Gasteiger charge is 2.37. The fourth-order valence-corrected chi connectivity index (χ4v) is 3.43. The second-order valence-electron chi connectivity index (χ2n) is 5.89. The zero-order valence-electron chi connectivity index (χ0n) is 15.5. The van der Waals surface area contributed by atoms with Crippen LogP contribution in [0.15, 0.2) is 50.9 Å². The number of rotatable bonds is 5. The van der Waals surface area contributed by atoms with E-state index in [4.69, 9.17) is 9.47 Å². The summed E-state index contributed by atoms with van der Waals surface area (Å²) in [6.07, 6.45) is 1.40. The van der Waals surface area contributed by atoms with Gasteiger partial charge in [-0.05, 0) is 55.0 Å². The predicted octanol–water partition coefficient (Wildman–Crippen LogP) is 4.29. The first-order valence-electron chi connectivity index (χ1n) is 8.53. The van der Waals surface area contributed by atoms with Gasteiger partial charge in [0.15, 0.2) is 11.5 Å². The highest BCUT2D eigenvalue weighted by molar-refractivity contribution is 9.10. The molecule has 1 heterocycles. The van der Waals surface area contributed by atoms with Crippen LogP contribution in [0.25, 0.3) is 6.08 Å². The molecule has 9 heteroatoms. The summed E-state index contributed by atoms with van der Waals surface area (Å²) in [6.45, 7) is 2.30. The minimum Gasteiger partial charge on any atom is -0.493 e. The third-order valence-electron chi connectivity index (χ3n) is 4.07. The Balaban J connectivity index is 2.03. The van der Waals surface area contributed by atoms with Crippen molar-refractivity contribution in [2.45, 2.75) is 6.92 Å². The normalized spacial score (nSPS) is 15.5. The van der Waals surface area contributed by atoms with E-state index in [9.17, 15) is 14.4 Å². The first-order valence-corrected chi connectivity index (χ1v) is 10.1. The number of ether oxygens (including phenoxy) is 2. The van der Waals surface area contributed by atoms with E-state index < -0.39 is 17.8 Å². The predicted molar refractivity (Wildman–Crippen MR) is 115 cm³/mol. The molecule has 0 aliphatic carbocycles. The van der Waals surface area contributed by atoms with Crippen LogP contribution in [0.1, 0.15) is 12.5 Å². The molecule has 2 aromatic rings. The van der Waals surface area contributed by atoms with Crippen LogP contribution in [0.3, 0.4) is 0 Å². The molecule has 3 rings (SSSR count). The fraction of sp³-hybridized carbons (Fsp3) is 0.150. The molecule has 0 saturated carbocycles. The zero-order valence-corrected chi connectivity index (χ0v) is 18.7. The topological polar surface area (TPSA) is 84.9 Å². The van der Waals surface area contributed by atoms with Crippen molar-refractivity contribution in [2.24, 2.45) is 0 Å². The fourth-order valence-electron chi connectivity index (χ4n) is 2.73. The highest BCUT2D eigenvalue weighted by atomic mass is 79.9. The molecular formula is C20H16Br2N2O5. The van der Waals surface area contributed by atoms with Crippen LogP contribution >= 0.6 is 31.9 Å². The number of nitrogens with zero attached hydrogens (tertiary/aromatic N) is 1. The Morgan fingerprint density at radius 1 is 1.07 bits per heavy atom. The third kappa shape index (κ3) is 4.35. The Kier molecular flexibility index (Phi) is 6.39. The number of carbonyl (C=O) groups is 3. The quantitative estimate of drug-likeness (QED) is 0.467. The SMILES string of the molecule is CCOc1cc(Br)c(/C=C2\C(=O)NC(=O)N(c3ccc(Br)cc3)C2=O)cc1OC. The van der Waals surface area contributed by atoms with Gasteiger partial charge in [0.2, 0.25) is 0 Å². The first-order chi connectivity index (χ1) is 13.8. The molecule has 4 amide bonds. The molecular weight excluding hydrogens is 508 g/mol.